The Bertz CT molecular complexity index is 897. The molecular weight excluding hydrogens is 362 g/mol. The highest BCUT2D eigenvalue weighted by atomic mass is 32.2. The number of hydrogen-bond donors (Lipinski definition) is 0. The van der Waals surface area contributed by atoms with Crippen molar-refractivity contribution in [3.63, 3.8) is 0 Å². The number of aromatic nitrogens is 3. The van der Waals surface area contributed by atoms with Crippen LogP contribution in [0.4, 0.5) is 0 Å². The van der Waals surface area contributed by atoms with Gasteiger partial charge in [-0.05, 0) is 24.6 Å². The summed E-state index contributed by atoms with van der Waals surface area (Å²) >= 11 is 1.65. The highest BCUT2D eigenvalue weighted by Crippen LogP contribution is 2.28. The van der Waals surface area contributed by atoms with Crippen LogP contribution in [0.15, 0.2) is 53.7 Å². The fourth-order valence-corrected chi connectivity index (χ4v) is 3.38. The molecule has 0 unspecified atom stereocenters. The van der Waals surface area contributed by atoms with Crippen molar-refractivity contribution in [1.82, 2.24) is 14.8 Å². The summed E-state index contributed by atoms with van der Waals surface area (Å²) < 4.78 is 13.0. The van der Waals surface area contributed by atoms with Crippen molar-refractivity contribution < 1.29 is 14.3 Å². The Kier molecular flexibility index (Phi) is 6.49. The lowest BCUT2D eigenvalue weighted by molar-refractivity contribution is 0.112. The number of carbonyl (C=O) groups is 1. The standard InChI is InChI=1S/C20H21N3O3S/c1-23-19(16-7-4-3-5-8-16)21-22-20(23)27-12-6-11-26-17-10-9-15(14-24)13-18(17)25-2/h3-5,7-10,13-14H,6,11-12H2,1-2H3. The third-order valence-corrected chi connectivity index (χ3v) is 5.07. The van der Waals surface area contributed by atoms with Gasteiger partial charge in [0, 0.05) is 23.9 Å². The first kappa shape index (κ1) is 19.0. The van der Waals surface area contributed by atoms with E-state index < -0.39 is 0 Å². The number of rotatable bonds is 9. The Hall–Kier alpha value is -2.80. The molecule has 1 heterocycles. The van der Waals surface area contributed by atoms with Crippen LogP contribution in [0.25, 0.3) is 11.4 Å². The van der Waals surface area contributed by atoms with Crippen LogP contribution in [0.1, 0.15) is 16.8 Å². The Morgan fingerprint density at radius 1 is 1.11 bits per heavy atom. The quantitative estimate of drug-likeness (QED) is 0.317. The van der Waals surface area contributed by atoms with Crippen LogP contribution in [0.5, 0.6) is 11.5 Å². The molecule has 6 nitrogen and oxygen atoms in total. The van der Waals surface area contributed by atoms with Gasteiger partial charge in [-0.15, -0.1) is 10.2 Å². The zero-order valence-corrected chi connectivity index (χ0v) is 16.1. The summed E-state index contributed by atoms with van der Waals surface area (Å²) in [6.45, 7) is 0.549. The van der Waals surface area contributed by atoms with E-state index in [0.717, 1.165) is 35.0 Å². The highest BCUT2D eigenvalue weighted by Gasteiger charge is 2.11. The van der Waals surface area contributed by atoms with Gasteiger partial charge in [0.25, 0.3) is 0 Å². The van der Waals surface area contributed by atoms with Crippen molar-refractivity contribution in [2.24, 2.45) is 7.05 Å². The van der Waals surface area contributed by atoms with E-state index in [4.69, 9.17) is 9.47 Å². The van der Waals surface area contributed by atoms with E-state index in [2.05, 4.69) is 10.2 Å². The third kappa shape index (κ3) is 4.68. The van der Waals surface area contributed by atoms with E-state index in [1.807, 2.05) is 41.9 Å². The monoisotopic (exact) mass is 383 g/mol. The van der Waals surface area contributed by atoms with Crippen LogP contribution >= 0.6 is 11.8 Å². The lowest BCUT2D eigenvalue weighted by atomic mass is 10.2. The van der Waals surface area contributed by atoms with Gasteiger partial charge in [0.05, 0.1) is 13.7 Å². The summed E-state index contributed by atoms with van der Waals surface area (Å²) in [5.74, 6) is 2.91. The molecule has 3 rings (SSSR count). The molecule has 3 aromatic rings. The number of carbonyl (C=O) groups excluding carboxylic acids is 1. The molecule has 0 fully saturated rings. The summed E-state index contributed by atoms with van der Waals surface area (Å²) in [7, 11) is 3.53. The van der Waals surface area contributed by atoms with E-state index in [-0.39, 0.29) is 0 Å². The van der Waals surface area contributed by atoms with Crippen molar-refractivity contribution in [2.75, 3.05) is 19.5 Å². The molecule has 2 aromatic carbocycles. The molecule has 7 heteroatoms. The number of methoxy groups -OCH3 is 1. The van der Waals surface area contributed by atoms with Gasteiger partial charge in [-0.2, -0.15) is 0 Å². The SMILES string of the molecule is COc1cc(C=O)ccc1OCCCSc1nnc(-c2ccccc2)n1C. The lowest BCUT2D eigenvalue weighted by Gasteiger charge is -2.10. The molecule has 0 spiro atoms. The van der Waals surface area contributed by atoms with Gasteiger partial charge in [0.15, 0.2) is 22.5 Å². The van der Waals surface area contributed by atoms with Crippen LogP contribution in [-0.4, -0.2) is 40.5 Å². The zero-order chi connectivity index (χ0) is 19.1. The Morgan fingerprint density at radius 3 is 2.67 bits per heavy atom. The van der Waals surface area contributed by atoms with Crippen LogP contribution < -0.4 is 9.47 Å². The zero-order valence-electron chi connectivity index (χ0n) is 15.3. The normalized spacial score (nSPS) is 10.6. The van der Waals surface area contributed by atoms with Crippen molar-refractivity contribution in [3.05, 3.63) is 54.1 Å². The molecule has 0 bridgehead atoms. The molecule has 0 saturated heterocycles. The minimum absolute atomic E-state index is 0.549. The van der Waals surface area contributed by atoms with E-state index in [9.17, 15) is 4.79 Å². The predicted octanol–water partition coefficient (Wildman–Crippen LogP) is 3.86. The fourth-order valence-electron chi connectivity index (χ4n) is 2.56. The molecule has 0 saturated carbocycles. The topological polar surface area (TPSA) is 66.2 Å². The molecule has 0 aliphatic rings. The molecule has 140 valence electrons. The van der Waals surface area contributed by atoms with E-state index in [1.54, 1.807) is 37.1 Å². The summed E-state index contributed by atoms with van der Waals surface area (Å²) in [6.07, 6.45) is 1.63. The van der Waals surface area contributed by atoms with Crippen LogP contribution in [0.2, 0.25) is 0 Å². The molecule has 0 atom stereocenters. The van der Waals surface area contributed by atoms with Gasteiger partial charge in [0.1, 0.15) is 6.29 Å². The average Bonchev–Trinajstić information content (AvgIpc) is 3.09. The summed E-state index contributed by atoms with van der Waals surface area (Å²) in [4.78, 5) is 10.8. The molecule has 27 heavy (non-hydrogen) atoms. The lowest BCUT2D eigenvalue weighted by Crippen LogP contribution is -2.02. The summed E-state index contributed by atoms with van der Waals surface area (Å²) in [5, 5.41) is 9.44. The molecule has 0 amide bonds. The van der Waals surface area contributed by atoms with Crippen LogP contribution in [-0.2, 0) is 7.05 Å². The maximum atomic E-state index is 10.8. The Morgan fingerprint density at radius 2 is 1.93 bits per heavy atom. The first-order chi connectivity index (χ1) is 13.2. The van der Waals surface area contributed by atoms with Gasteiger partial charge >= 0.3 is 0 Å². The van der Waals surface area contributed by atoms with Crippen LogP contribution in [0, 0.1) is 0 Å². The fraction of sp³-hybridized carbons (Fsp3) is 0.250. The molecule has 1 aromatic heterocycles. The molecule has 0 N–H and O–H groups in total. The number of hydrogen-bond acceptors (Lipinski definition) is 6. The van der Waals surface area contributed by atoms with Gasteiger partial charge < -0.3 is 14.0 Å². The van der Waals surface area contributed by atoms with Gasteiger partial charge in [-0.1, -0.05) is 42.1 Å². The first-order valence-corrected chi connectivity index (χ1v) is 9.55. The number of nitrogens with zero attached hydrogens (tertiary/aromatic N) is 3. The second-order valence-corrected chi connectivity index (χ2v) is 6.87. The smallest absolute Gasteiger partial charge is 0.191 e. The molecule has 0 aliphatic heterocycles. The predicted molar refractivity (Wildman–Crippen MR) is 106 cm³/mol. The second kappa shape index (κ2) is 9.23. The van der Waals surface area contributed by atoms with E-state index in [1.165, 1.54) is 0 Å². The largest absolute Gasteiger partial charge is 0.493 e. The van der Waals surface area contributed by atoms with Crippen molar-refractivity contribution in [2.45, 2.75) is 11.6 Å². The molecular formula is C20H21N3O3S. The maximum absolute atomic E-state index is 10.8. The first-order valence-electron chi connectivity index (χ1n) is 8.56. The molecule has 0 radical (unpaired) electrons. The van der Waals surface area contributed by atoms with Crippen molar-refractivity contribution in [1.29, 1.82) is 0 Å². The second-order valence-electron chi connectivity index (χ2n) is 5.81. The summed E-state index contributed by atoms with van der Waals surface area (Å²) in [5.41, 5.74) is 1.61. The Balaban J connectivity index is 1.50. The van der Waals surface area contributed by atoms with Gasteiger partial charge in [-0.25, -0.2) is 0 Å². The van der Waals surface area contributed by atoms with E-state index >= 15 is 0 Å². The van der Waals surface area contributed by atoms with Crippen molar-refractivity contribution in [3.8, 4) is 22.9 Å². The minimum atomic E-state index is 0.549. The van der Waals surface area contributed by atoms with E-state index in [0.29, 0.717) is 23.7 Å². The third-order valence-electron chi connectivity index (χ3n) is 3.97. The number of ether oxygens (including phenoxy) is 2. The van der Waals surface area contributed by atoms with Gasteiger partial charge in [-0.3, -0.25) is 4.79 Å². The molecule has 0 aliphatic carbocycles. The van der Waals surface area contributed by atoms with Crippen molar-refractivity contribution >= 4 is 18.0 Å². The number of aldehydes is 1. The van der Waals surface area contributed by atoms with Gasteiger partial charge in [0.2, 0.25) is 0 Å². The maximum Gasteiger partial charge on any atom is 0.191 e. The minimum Gasteiger partial charge on any atom is -0.493 e. The Labute approximate surface area is 162 Å². The number of benzene rings is 2. The average molecular weight is 383 g/mol. The number of thioether (sulfide) groups is 1. The van der Waals surface area contributed by atoms with Crippen LogP contribution in [0.3, 0.4) is 0 Å². The summed E-state index contributed by atoms with van der Waals surface area (Å²) in [6, 6.07) is 15.1. The highest BCUT2D eigenvalue weighted by molar-refractivity contribution is 7.99.